The molecule has 0 fully saturated rings. The van der Waals surface area contributed by atoms with Crippen molar-refractivity contribution in [3.05, 3.63) is 77.4 Å². The number of esters is 1. The Morgan fingerprint density at radius 2 is 1.75 bits per heavy atom. The maximum Gasteiger partial charge on any atom is 0.340 e. The van der Waals surface area contributed by atoms with Crippen molar-refractivity contribution in [1.82, 2.24) is 4.90 Å². The van der Waals surface area contributed by atoms with E-state index in [-0.39, 0.29) is 12.2 Å². The van der Waals surface area contributed by atoms with Crippen LogP contribution < -0.4 is 5.32 Å². The van der Waals surface area contributed by atoms with Gasteiger partial charge in [0.05, 0.1) is 18.4 Å². The SMILES string of the molecule is COC(=O)c1cc(NC(=O)N(C)Cc2cccc3ccccc23)c(F)cc1F. The monoisotopic (exact) mass is 384 g/mol. The molecular formula is C21H18F2N2O3. The zero-order valence-corrected chi connectivity index (χ0v) is 15.3. The van der Waals surface area contributed by atoms with E-state index in [2.05, 4.69) is 10.1 Å². The highest BCUT2D eigenvalue weighted by molar-refractivity contribution is 5.94. The summed E-state index contributed by atoms with van der Waals surface area (Å²) in [6, 6.07) is 14.4. The first kappa shape index (κ1) is 19.3. The summed E-state index contributed by atoms with van der Waals surface area (Å²) in [5, 5.41) is 4.41. The number of urea groups is 1. The molecule has 0 spiro atoms. The predicted octanol–water partition coefficient (Wildman–Crippen LogP) is 4.57. The third-order valence-corrected chi connectivity index (χ3v) is 4.34. The molecule has 144 valence electrons. The van der Waals surface area contributed by atoms with Crippen LogP contribution in [0.5, 0.6) is 0 Å². The van der Waals surface area contributed by atoms with Crippen LogP contribution in [0.1, 0.15) is 15.9 Å². The Balaban J connectivity index is 1.80. The van der Waals surface area contributed by atoms with Crippen LogP contribution >= 0.6 is 0 Å². The third-order valence-electron chi connectivity index (χ3n) is 4.34. The molecule has 0 bridgehead atoms. The second-order valence-corrected chi connectivity index (χ2v) is 6.23. The first-order valence-corrected chi connectivity index (χ1v) is 8.47. The zero-order chi connectivity index (χ0) is 20.3. The quantitative estimate of drug-likeness (QED) is 0.671. The number of halogens is 2. The first-order chi connectivity index (χ1) is 13.4. The molecule has 0 saturated carbocycles. The van der Waals surface area contributed by atoms with Gasteiger partial charge < -0.3 is 15.0 Å². The van der Waals surface area contributed by atoms with E-state index in [1.165, 1.54) is 4.90 Å². The fourth-order valence-corrected chi connectivity index (χ4v) is 2.88. The summed E-state index contributed by atoms with van der Waals surface area (Å²) in [6.45, 7) is 0.278. The molecule has 0 aromatic heterocycles. The van der Waals surface area contributed by atoms with E-state index >= 15 is 0 Å². The van der Waals surface area contributed by atoms with Crippen LogP contribution in [0.2, 0.25) is 0 Å². The number of nitrogens with one attached hydrogen (secondary N) is 1. The standard InChI is InChI=1S/C21H18F2N2O3/c1-25(12-14-8-5-7-13-6-3-4-9-15(13)14)21(27)24-19-10-16(20(26)28-2)17(22)11-18(19)23/h3-11H,12H2,1-2H3,(H,24,27). The van der Waals surface area contributed by atoms with E-state index < -0.39 is 29.2 Å². The van der Waals surface area contributed by atoms with Gasteiger partial charge in [0.2, 0.25) is 0 Å². The van der Waals surface area contributed by atoms with Gasteiger partial charge in [-0.05, 0) is 22.4 Å². The molecule has 28 heavy (non-hydrogen) atoms. The minimum Gasteiger partial charge on any atom is -0.465 e. The lowest BCUT2D eigenvalue weighted by Gasteiger charge is -2.19. The van der Waals surface area contributed by atoms with Gasteiger partial charge in [-0.1, -0.05) is 42.5 Å². The fraction of sp³-hybridized carbons (Fsp3) is 0.143. The van der Waals surface area contributed by atoms with Crippen LogP contribution in [0.15, 0.2) is 54.6 Å². The van der Waals surface area contributed by atoms with Crippen LogP contribution in [0.4, 0.5) is 19.3 Å². The smallest absolute Gasteiger partial charge is 0.340 e. The van der Waals surface area contributed by atoms with Gasteiger partial charge in [-0.25, -0.2) is 18.4 Å². The van der Waals surface area contributed by atoms with E-state index in [0.29, 0.717) is 6.07 Å². The number of benzene rings is 3. The topological polar surface area (TPSA) is 58.6 Å². The lowest BCUT2D eigenvalue weighted by atomic mass is 10.0. The summed E-state index contributed by atoms with van der Waals surface area (Å²) in [7, 11) is 2.64. The lowest BCUT2D eigenvalue weighted by Crippen LogP contribution is -2.31. The molecular weight excluding hydrogens is 366 g/mol. The molecule has 1 N–H and O–H groups in total. The van der Waals surface area contributed by atoms with Crippen LogP contribution in [-0.4, -0.2) is 31.1 Å². The van der Waals surface area contributed by atoms with Crippen LogP contribution in [0.3, 0.4) is 0 Å². The molecule has 0 unspecified atom stereocenters. The molecule has 0 aliphatic rings. The van der Waals surface area contributed by atoms with Crippen molar-refractivity contribution >= 4 is 28.5 Å². The lowest BCUT2D eigenvalue weighted by molar-refractivity contribution is 0.0595. The van der Waals surface area contributed by atoms with Crippen LogP contribution in [0, 0.1) is 11.6 Å². The maximum absolute atomic E-state index is 14.0. The normalized spacial score (nSPS) is 10.6. The number of rotatable bonds is 4. The van der Waals surface area contributed by atoms with Crippen molar-refractivity contribution < 1.29 is 23.1 Å². The number of carbonyl (C=O) groups is 2. The average molecular weight is 384 g/mol. The molecule has 0 saturated heterocycles. The number of hydrogen-bond acceptors (Lipinski definition) is 3. The first-order valence-electron chi connectivity index (χ1n) is 8.47. The zero-order valence-electron chi connectivity index (χ0n) is 15.3. The van der Waals surface area contributed by atoms with Crippen LogP contribution in [0.25, 0.3) is 10.8 Å². The van der Waals surface area contributed by atoms with E-state index in [1.807, 2.05) is 42.5 Å². The number of methoxy groups -OCH3 is 1. The predicted molar refractivity (Wildman–Crippen MR) is 102 cm³/mol. The Labute approximate surface area is 160 Å². The van der Waals surface area contributed by atoms with Gasteiger partial charge in [0.1, 0.15) is 11.6 Å². The second kappa shape index (κ2) is 8.04. The molecule has 0 atom stereocenters. The van der Waals surface area contributed by atoms with Gasteiger partial charge in [0.15, 0.2) is 0 Å². The Hall–Kier alpha value is -3.48. The van der Waals surface area contributed by atoms with Gasteiger partial charge in [-0.15, -0.1) is 0 Å². The van der Waals surface area contributed by atoms with Crippen molar-refractivity contribution in [2.45, 2.75) is 6.54 Å². The summed E-state index contributed by atoms with van der Waals surface area (Å²) in [6.07, 6.45) is 0. The fourth-order valence-electron chi connectivity index (χ4n) is 2.88. The molecule has 5 nitrogen and oxygen atoms in total. The number of nitrogens with zero attached hydrogens (tertiary/aromatic N) is 1. The summed E-state index contributed by atoms with van der Waals surface area (Å²) in [5.41, 5.74) is 0.151. The van der Waals surface area contributed by atoms with E-state index in [9.17, 15) is 18.4 Å². The molecule has 2 amide bonds. The largest absolute Gasteiger partial charge is 0.465 e. The van der Waals surface area contributed by atoms with Gasteiger partial charge in [0.25, 0.3) is 0 Å². The molecule has 0 aliphatic carbocycles. The maximum atomic E-state index is 14.0. The highest BCUT2D eigenvalue weighted by Gasteiger charge is 2.19. The number of anilines is 1. The molecule has 0 heterocycles. The van der Waals surface area contributed by atoms with Crippen molar-refractivity contribution in [3.63, 3.8) is 0 Å². The highest BCUT2D eigenvalue weighted by Crippen LogP contribution is 2.22. The number of hydrogen-bond donors (Lipinski definition) is 1. The summed E-state index contributed by atoms with van der Waals surface area (Å²) < 4.78 is 32.2. The third kappa shape index (κ3) is 3.93. The summed E-state index contributed by atoms with van der Waals surface area (Å²) >= 11 is 0. The number of amides is 2. The molecule has 3 aromatic rings. The van der Waals surface area contributed by atoms with Gasteiger partial charge in [0, 0.05) is 19.7 Å². The van der Waals surface area contributed by atoms with E-state index in [1.54, 1.807) is 7.05 Å². The van der Waals surface area contributed by atoms with Crippen molar-refractivity contribution in [3.8, 4) is 0 Å². The molecule has 3 rings (SSSR count). The average Bonchev–Trinajstić information content (AvgIpc) is 2.69. The van der Waals surface area contributed by atoms with Crippen molar-refractivity contribution in [2.75, 3.05) is 19.5 Å². The Morgan fingerprint density at radius 1 is 1.04 bits per heavy atom. The highest BCUT2D eigenvalue weighted by atomic mass is 19.1. The van der Waals surface area contributed by atoms with E-state index in [0.717, 1.165) is 29.5 Å². The number of ether oxygens (including phenoxy) is 1. The minimum atomic E-state index is -1.06. The van der Waals surface area contributed by atoms with Gasteiger partial charge in [-0.3, -0.25) is 0 Å². The molecule has 7 heteroatoms. The number of carbonyl (C=O) groups excluding carboxylic acids is 2. The summed E-state index contributed by atoms with van der Waals surface area (Å²) in [5.74, 6) is -3.01. The second-order valence-electron chi connectivity index (χ2n) is 6.23. The Bertz CT molecular complexity index is 1050. The van der Waals surface area contributed by atoms with Crippen molar-refractivity contribution in [2.24, 2.45) is 0 Å². The molecule has 0 aliphatic heterocycles. The van der Waals surface area contributed by atoms with Crippen LogP contribution in [-0.2, 0) is 11.3 Å². The van der Waals surface area contributed by atoms with Crippen molar-refractivity contribution in [1.29, 1.82) is 0 Å². The van der Waals surface area contributed by atoms with Gasteiger partial charge in [-0.2, -0.15) is 0 Å². The molecule has 0 radical (unpaired) electrons. The Kier molecular flexibility index (Phi) is 5.54. The Morgan fingerprint density at radius 3 is 2.50 bits per heavy atom. The minimum absolute atomic E-state index is 0.278. The molecule has 3 aromatic carbocycles. The summed E-state index contributed by atoms with van der Waals surface area (Å²) in [4.78, 5) is 25.4. The number of fused-ring (bicyclic) bond motifs is 1. The van der Waals surface area contributed by atoms with Gasteiger partial charge >= 0.3 is 12.0 Å². The van der Waals surface area contributed by atoms with E-state index in [4.69, 9.17) is 0 Å².